The van der Waals surface area contributed by atoms with Gasteiger partial charge in [0, 0.05) is 9.13 Å². The summed E-state index contributed by atoms with van der Waals surface area (Å²) in [4.78, 5) is 22.6. The van der Waals surface area contributed by atoms with Gasteiger partial charge >= 0.3 is 0 Å². The minimum Gasteiger partial charge on any atom is -0.454 e. The van der Waals surface area contributed by atoms with E-state index in [4.69, 9.17) is 9.47 Å². The van der Waals surface area contributed by atoms with Crippen LogP contribution in [0.25, 0.3) is 0 Å². The van der Waals surface area contributed by atoms with E-state index in [1.54, 1.807) is 18.2 Å². The number of amides is 1. The normalized spacial score (nSPS) is 12.4. The van der Waals surface area contributed by atoms with E-state index in [0.29, 0.717) is 17.1 Å². The third-order valence-corrected chi connectivity index (χ3v) is 3.85. The van der Waals surface area contributed by atoms with Gasteiger partial charge in [0.1, 0.15) is 0 Å². The number of ether oxygens (including phenoxy) is 2. The van der Waals surface area contributed by atoms with Crippen molar-refractivity contribution in [2.75, 3.05) is 6.79 Å². The van der Waals surface area contributed by atoms with Gasteiger partial charge < -0.3 is 9.47 Å². The molecule has 1 heterocycles. The van der Waals surface area contributed by atoms with Crippen LogP contribution in [0.2, 0.25) is 0 Å². The Labute approximate surface area is 149 Å². The number of carbonyl (C=O) groups is 1. The van der Waals surface area contributed by atoms with Crippen LogP contribution in [0.15, 0.2) is 41.5 Å². The molecule has 8 nitrogen and oxygen atoms in total. The van der Waals surface area contributed by atoms with E-state index >= 15 is 0 Å². The summed E-state index contributed by atoms with van der Waals surface area (Å²) in [7, 11) is 0. The predicted molar refractivity (Wildman–Crippen MR) is 93.4 cm³/mol. The van der Waals surface area contributed by atoms with E-state index in [1.807, 2.05) is 6.07 Å². The van der Waals surface area contributed by atoms with Crippen LogP contribution in [-0.2, 0) is 0 Å². The number of fused-ring (bicyclic) bond motifs is 1. The molecule has 0 aliphatic carbocycles. The maximum atomic E-state index is 12.0. The first kappa shape index (κ1) is 16.2. The maximum absolute atomic E-state index is 12.0. The Morgan fingerprint density at radius 1 is 1.29 bits per heavy atom. The van der Waals surface area contributed by atoms with Crippen molar-refractivity contribution in [2.45, 2.75) is 0 Å². The number of nitrogens with zero attached hydrogens (tertiary/aromatic N) is 2. The van der Waals surface area contributed by atoms with Gasteiger partial charge in [0.2, 0.25) is 6.79 Å². The molecule has 9 heteroatoms. The van der Waals surface area contributed by atoms with Crippen LogP contribution >= 0.6 is 22.6 Å². The van der Waals surface area contributed by atoms with Crippen LogP contribution in [0.5, 0.6) is 11.5 Å². The number of benzene rings is 2. The lowest BCUT2D eigenvalue weighted by atomic mass is 10.1. The number of nitro groups is 1. The summed E-state index contributed by atoms with van der Waals surface area (Å²) in [5, 5.41) is 14.9. The minimum absolute atomic E-state index is 0.0104. The average Bonchev–Trinajstić information content (AvgIpc) is 3.01. The minimum atomic E-state index is -0.551. The Balaban J connectivity index is 1.79. The second-order valence-corrected chi connectivity index (χ2v) is 5.98. The van der Waals surface area contributed by atoms with Crippen molar-refractivity contribution < 1.29 is 19.2 Å². The third kappa shape index (κ3) is 3.45. The molecule has 1 amide bonds. The number of hydrazone groups is 1. The van der Waals surface area contributed by atoms with Crippen molar-refractivity contribution in [3.8, 4) is 11.5 Å². The molecule has 0 saturated carbocycles. The molecule has 122 valence electrons. The van der Waals surface area contributed by atoms with E-state index in [1.165, 1.54) is 18.3 Å². The van der Waals surface area contributed by atoms with Crippen molar-refractivity contribution in [1.82, 2.24) is 5.43 Å². The number of hydrogen-bond donors (Lipinski definition) is 1. The lowest BCUT2D eigenvalue weighted by Crippen LogP contribution is -2.17. The zero-order chi connectivity index (χ0) is 17.1. The molecule has 0 bridgehead atoms. The molecule has 0 spiro atoms. The summed E-state index contributed by atoms with van der Waals surface area (Å²) in [6.45, 7) is 0.0104. The third-order valence-electron chi connectivity index (χ3n) is 3.18. The lowest BCUT2D eigenvalue weighted by molar-refractivity contribution is -0.385. The molecule has 1 N–H and O–H groups in total. The molecule has 0 unspecified atom stereocenters. The Morgan fingerprint density at radius 2 is 2.04 bits per heavy atom. The average molecular weight is 439 g/mol. The number of carbonyl (C=O) groups excluding carboxylic acids is 1. The van der Waals surface area contributed by atoms with E-state index in [9.17, 15) is 14.9 Å². The number of hydrogen-bond acceptors (Lipinski definition) is 6. The molecule has 3 rings (SSSR count). The van der Waals surface area contributed by atoms with Crippen molar-refractivity contribution >= 4 is 40.4 Å². The summed E-state index contributed by atoms with van der Waals surface area (Å²) >= 11 is 2.09. The lowest BCUT2D eigenvalue weighted by Gasteiger charge is -2.02. The fourth-order valence-electron chi connectivity index (χ4n) is 2.06. The fraction of sp³-hybridized carbons (Fsp3) is 0.0667. The first-order chi connectivity index (χ1) is 11.5. The highest BCUT2D eigenvalue weighted by Gasteiger charge is 2.22. The van der Waals surface area contributed by atoms with Crippen LogP contribution in [0.3, 0.4) is 0 Å². The Hall–Kier alpha value is -2.69. The van der Waals surface area contributed by atoms with Gasteiger partial charge in [0.25, 0.3) is 11.6 Å². The molecule has 0 atom stereocenters. The van der Waals surface area contributed by atoms with Crippen molar-refractivity contribution in [1.29, 1.82) is 0 Å². The number of halogens is 1. The Morgan fingerprint density at radius 3 is 2.75 bits per heavy atom. The molecular weight excluding hydrogens is 429 g/mol. The largest absolute Gasteiger partial charge is 0.454 e. The topological polar surface area (TPSA) is 103 Å². The first-order valence-corrected chi connectivity index (χ1v) is 7.79. The van der Waals surface area contributed by atoms with Gasteiger partial charge in [-0.3, -0.25) is 14.9 Å². The molecule has 2 aromatic carbocycles. The Kier molecular flexibility index (Phi) is 4.60. The number of nitrogens with one attached hydrogen (secondary N) is 1. The maximum Gasteiger partial charge on any atom is 0.282 e. The smallest absolute Gasteiger partial charge is 0.282 e. The van der Waals surface area contributed by atoms with Crippen molar-refractivity contribution in [2.24, 2.45) is 5.10 Å². The van der Waals surface area contributed by atoms with E-state index in [2.05, 4.69) is 33.1 Å². The van der Waals surface area contributed by atoms with E-state index in [0.717, 1.165) is 3.57 Å². The van der Waals surface area contributed by atoms with Gasteiger partial charge in [-0.25, -0.2) is 5.43 Å². The highest BCUT2D eigenvalue weighted by Crippen LogP contribution is 2.37. The van der Waals surface area contributed by atoms with Gasteiger partial charge in [0.15, 0.2) is 11.5 Å². The highest BCUT2D eigenvalue weighted by atomic mass is 127. The van der Waals surface area contributed by atoms with E-state index in [-0.39, 0.29) is 18.0 Å². The molecule has 1 aliphatic heterocycles. The first-order valence-electron chi connectivity index (χ1n) is 6.71. The predicted octanol–water partition coefficient (Wildman–Crippen LogP) is 2.69. The highest BCUT2D eigenvalue weighted by molar-refractivity contribution is 14.1. The monoisotopic (exact) mass is 439 g/mol. The molecule has 0 aromatic heterocycles. The van der Waals surface area contributed by atoms with Gasteiger partial charge in [-0.1, -0.05) is 6.07 Å². The van der Waals surface area contributed by atoms with Gasteiger partial charge in [0.05, 0.1) is 22.8 Å². The van der Waals surface area contributed by atoms with Gasteiger partial charge in [-0.2, -0.15) is 5.10 Å². The summed E-state index contributed by atoms with van der Waals surface area (Å²) in [5.41, 5.74) is 2.80. The van der Waals surface area contributed by atoms with Crippen molar-refractivity contribution in [3.05, 3.63) is 61.2 Å². The quantitative estimate of drug-likeness (QED) is 0.342. The van der Waals surface area contributed by atoms with E-state index < -0.39 is 10.8 Å². The summed E-state index contributed by atoms with van der Waals surface area (Å²) < 4.78 is 11.2. The van der Waals surface area contributed by atoms with Crippen LogP contribution in [-0.4, -0.2) is 23.8 Å². The molecule has 2 aromatic rings. The summed E-state index contributed by atoms with van der Waals surface area (Å²) in [6.07, 6.45) is 1.20. The molecule has 24 heavy (non-hydrogen) atoms. The zero-order valence-corrected chi connectivity index (χ0v) is 14.2. The molecule has 0 saturated heterocycles. The van der Waals surface area contributed by atoms with Crippen LogP contribution < -0.4 is 14.9 Å². The second-order valence-electron chi connectivity index (χ2n) is 4.73. The molecular formula is C15H10IN3O5. The zero-order valence-electron chi connectivity index (χ0n) is 12.1. The standard InChI is InChI=1S/C15H10IN3O5/c16-11-3-1-2-9(4-11)15(20)18-17-7-10-5-13-14(24-8-23-13)6-12(10)19(21)22/h1-7H,8H2,(H,18,20)/b17-7-. The fourth-order valence-corrected chi connectivity index (χ4v) is 2.61. The number of rotatable bonds is 4. The van der Waals surface area contributed by atoms with Gasteiger partial charge in [-0.05, 0) is 46.9 Å². The number of nitro benzene ring substituents is 1. The molecule has 1 aliphatic rings. The molecule has 0 fully saturated rings. The Bertz CT molecular complexity index is 853. The van der Waals surface area contributed by atoms with Crippen LogP contribution in [0.4, 0.5) is 5.69 Å². The molecule has 0 radical (unpaired) electrons. The summed E-state index contributed by atoms with van der Waals surface area (Å²) in [6, 6.07) is 9.68. The summed E-state index contributed by atoms with van der Waals surface area (Å²) in [5.74, 6) is 0.292. The van der Waals surface area contributed by atoms with Crippen LogP contribution in [0.1, 0.15) is 15.9 Å². The van der Waals surface area contributed by atoms with Crippen molar-refractivity contribution in [3.63, 3.8) is 0 Å². The second kappa shape index (κ2) is 6.83. The van der Waals surface area contributed by atoms with Crippen LogP contribution in [0, 0.1) is 13.7 Å². The SMILES string of the molecule is O=C(N/N=C\c1cc2c(cc1[N+](=O)[O-])OCO2)c1cccc(I)c1. The van der Waals surface area contributed by atoms with Gasteiger partial charge in [-0.15, -0.1) is 0 Å².